The molecule has 7 nitrogen and oxygen atoms in total. The number of para-hydroxylation sites is 1. The van der Waals surface area contributed by atoms with E-state index in [4.69, 9.17) is 17.0 Å². The first-order valence-corrected chi connectivity index (χ1v) is 7.40. The van der Waals surface area contributed by atoms with Gasteiger partial charge in [0.05, 0.1) is 4.92 Å². The van der Waals surface area contributed by atoms with Gasteiger partial charge >= 0.3 is 0 Å². The zero-order chi connectivity index (χ0) is 17.5. The lowest BCUT2D eigenvalue weighted by atomic mass is 10.2. The smallest absolute Gasteiger partial charge is 0.269 e. The van der Waals surface area contributed by atoms with Crippen molar-refractivity contribution < 1.29 is 14.5 Å². The summed E-state index contributed by atoms with van der Waals surface area (Å²) in [6, 6.07) is 13.0. The molecule has 24 heavy (non-hydrogen) atoms. The van der Waals surface area contributed by atoms with Crippen LogP contribution in [0.1, 0.15) is 5.56 Å². The highest BCUT2D eigenvalue weighted by molar-refractivity contribution is 7.80. The van der Waals surface area contributed by atoms with Crippen molar-refractivity contribution in [3.05, 3.63) is 64.2 Å². The number of hydrogen-bond acceptors (Lipinski definition) is 5. The Morgan fingerprint density at radius 2 is 1.88 bits per heavy atom. The van der Waals surface area contributed by atoms with Crippen LogP contribution >= 0.6 is 12.2 Å². The second kappa shape index (κ2) is 8.02. The lowest BCUT2D eigenvalue weighted by Crippen LogP contribution is -2.37. The van der Waals surface area contributed by atoms with Gasteiger partial charge in [-0.15, -0.1) is 0 Å². The first-order chi connectivity index (χ1) is 11.5. The number of amides is 1. The molecule has 0 saturated carbocycles. The summed E-state index contributed by atoms with van der Waals surface area (Å²) in [5.74, 6) is 0.222. The molecule has 0 radical (unpaired) electrons. The van der Waals surface area contributed by atoms with Crippen molar-refractivity contribution in [2.45, 2.75) is 6.92 Å². The minimum absolute atomic E-state index is 0.0258. The fourth-order valence-electron chi connectivity index (χ4n) is 1.85. The number of thiocarbonyl (C=S) groups is 1. The van der Waals surface area contributed by atoms with Gasteiger partial charge < -0.3 is 10.1 Å². The van der Waals surface area contributed by atoms with Crippen molar-refractivity contribution in [1.82, 2.24) is 5.32 Å². The SMILES string of the molecule is Cc1ccccc1OCC(=O)NC(=S)Nc1ccc([N+](=O)[O-])cc1. The lowest BCUT2D eigenvalue weighted by Gasteiger charge is -2.11. The zero-order valence-corrected chi connectivity index (χ0v) is 13.6. The molecular formula is C16H15N3O4S. The van der Waals surface area contributed by atoms with Crippen molar-refractivity contribution in [2.75, 3.05) is 11.9 Å². The van der Waals surface area contributed by atoms with Crippen molar-refractivity contribution in [3.63, 3.8) is 0 Å². The number of carbonyl (C=O) groups is 1. The first kappa shape index (κ1) is 17.4. The number of aryl methyl sites for hydroxylation is 1. The molecule has 0 atom stereocenters. The first-order valence-electron chi connectivity index (χ1n) is 6.99. The fourth-order valence-corrected chi connectivity index (χ4v) is 2.08. The van der Waals surface area contributed by atoms with E-state index in [1.165, 1.54) is 24.3 Å². The molecule has 0 aliphatic heterocycles. The normalized spacial score (nSPS) is 9.88. The molecule has 0 saturated heterocycles. The average molecular weight is 345 g/mol. The number of nitro groups is 1. The number of rotatable bonds is 5. The molecule has 124 valence electrons. The summed E-state index contributed by atoms with van der Waals surface area (Å²) in [5.41, 5.74) is 1.43. The Morgan fingerprint density at radius 3 is 2.50 bits per heavy atom. The molecule has 2 N–H and O–H groups in total. The van der Waals surface area contributed by atoms with E-state index in [1.807, 2.05) is 25.1 Å². The molecule has 0 heterocycles. The fraction of sp³-hybridized carbons (Fsp3) is 0.125. The Morgan fingerprint density at radius 1 is 1.21 bits per heavy atom. The van der Waals surface area contributed by atoms with Gasteiger partial charge in [-0.2, -0.15) is 0 Å². The number of nitro benzene ring substituents is 1. The second-order valence-electron chi connectivity index (χ2n) is 4.86. The van der Waals surface area contributed by atoms with Crippen molar-refractivity contribution in [3.8, 4) is 5.75 Å². The number of carbonyl (C=O) groups excluding carboxylic acids is 1. The van der Waals surface area contributed by atoms with Crippen LogP contribution in [0.15, 0.2) is 48.5 Å². The van der Waals surface area contributed by atoms with E-state index in [2.05, 4.69) is 10.6 Å². The number of benzene rings is 2. The Bertz CT molecular complexity index is 762. The highest BCUT2D eigenvalue weighted by atomic mass is 32.1. The van der Waals surface area contributed by atoms with Crippen LogP contribution in [0, 0.1) is 17.0 Å². The van der Waals surface area contributed by atoms with Gasteiger partial charge in [0.1, 0.15) is 5.75 Å². The number of anilines is 1. The summed E-state index contributed by atoms with van der Waals surface area (Å²) in [6.07, 6.45) is 0. The molecule has 2 aromatic carbocycles. The molecule has 0 fully saturated rings. The highest BCUT2D eigenvalue weighted by Gasteiger charge is 2.08. The monoisotopic (exact) mass is 345 g/mol. The van der Waals surface area contributed by atoms with Gasteiger partial charge in [0, 0.05) is 17.8 Å². The summed E-state index contributed by atoms with van der Waals surface area (Å²) in [5, 5.41) is 15.9. The molecule has 2 rings (SSSR count). The molecule has 8 heteroatoms. The molecule has 0 aromatic heterocycles. The maximum atomic E-state index is 11.8. The molecule has 1 amide bonds. The van der Waals surface area contributed by atoms with E-state index >= 15 is 0 Å². The van der Waals surface area contributed by atoms with Gasteiger partial charge in [0.2, 0.25) is 0 Å². The van der Waals surface area contributed by atoms with Crippen molar-refractivity contribution in [1.29, 1.82) is 0 Å². The van der Waals surface area contributed by atoms with Crippen LogP contribution in [0.3, 0.4) is 0 Å². The topological polar surface area (TPSA) is 93.5 Å². The molecular weight excluding hydrogens is 330 g/mol. The molecule has 0 aliphatic rings. The molecule has 0 unspecified atom stereocenters. The Labute approximate surface area is 143 Å². The Balaban J connectivity index is 1.82. The molecule has 0 spiro atoms. The number of nitrogens with zero attached hydrogens (tertiary/aromatic N) is 1. The van der Waals surface area contributed by atoms with E-state index < -0.39 is 10.8 Å². The van der Waals surface area contributed by atoms with Crippen LogP contribution in [0.25, 0.3) is 0 Å². The van der Waals surface area contributed by atoms with Gasteiger partial charge in [-0.3, -0.25) is 20.2 Å². The number of nitrogens with one attached hydrogen (secondary N) is 2. The summed E-state index contributed by atoms with van der Waals surface area (Å²) in [6.45, 7) is 1.71. The predicted octanol–water partition coefficient (Wildman–Crippen LogP) is 2.80. The third-order valence-corrected chi connectivity index (χ3v) is 3.25. The Hall–Kier alpha value is -3.00. The number of non-ortho nitro benzene ring substituents is 1. The largest absolute Gasteiger partial charge is 0.483 e. The average Bonchev–Trinajstić information content (AvgIpc) is 2.54. The van der Waals surface area contributed by atoms with Crippen LogP contribution in [-0.2, 0) is 4.79 Å². The molecule has 0 aliphatic carbocycles. The van der Waals surface area contributed by atoms with Gasteiger partial charge in [0.15, 0.2) is 11.7 Å². The van der Waals surface area contributed by atoms with Gasteiger partial charge in [-0.1, -0.05) is 18.2 Å². The van der Waals surface area contributed by atoms with E-state index in [9.17, 15) is 14.9 Å². The standard InChI is InChI=1S/C16H15N3O4S/c1-11-4-2-3-5-14(11)23-10-15(20)18-16(24)17-12-6-8-13(9-7-12)19(21)22/h2-9H,10H2,1H3,(H2,17,18,20,24). The molecule has 2 aromatic rings. The van der Waals surface area contributed by atoms with Crippen LogP contribution < -0.4 is 15.4 Å². The van der Waals surface area contributed by atoms with Crippen molar-refractivity contribution >= 4 is 34.6 Å². The van der Waals surface area contributed by atoms with Crippen LogP contribution in [-0.4, -0.2) is 22.5 Å². The zero-order valence-electron chi connectivity index (χ0n) is 12.8. The molecule has 0 bridgehead atoms. The Kier molecular flexibility index (Phi) is 5.80. The van der Waals surface area contributed by atoms with Crippen LogP contribution in [0.2, 0.25) is 0 Å². The van der Waals surface area contributed by atoms with Gasteiger partial charge in [-0.25, -0.2) is 0 Å². The van der Waals surface area contributed by atoms with Gasteiger partial charge in [-0.05, 0) is 42.9 Å². The third kappa shape index (κ3) is 5.03. The summed E-state index contributed by atoms with van der Waals surface area (Å²) in [7, 11) is 0. The minimum atomic E-state index is -0.493. The van der Waals surface area contributed by atoms with Crippen LogP contribution in [0.5, 0.6) is 5.75 Å². The van der Waals surface area contributed by atoms with E-state index in [0.29, 0.717) is 11.4 Å². The maximum Gasteiger partial charge on any atom is 0.269 e. The number of ether oxygens (including phenoxy) is 1. The highest BCUT2D eigenvalue weighted by Crippen LogP contribution is 2.16. The number of hydrogen-bond donors (Lipinski definition) is 2. The van der Waals surface area contributed by atoms with Crippen molar-refractivity contribution in [2.24, 2.45) is 0 Å². The second-order valence-corrected chi connectivity index (χ2v) is 5.27. The van der Waals surface area contributed by atoms with E-state index in [1.54, 1.807) is 6.07 Å². The summed E-state index contributed by atoms with van der Waals surface area (Å²) < 4.78 is 5.42. The maximum absolute atomic E-state index is 11.8. The summed E-state index contributed by atoms with van der Waals surface area (Å²) in [4.78, 5) is 21.9. The van der Waals surface area contributed by atoms with E-state index in [-0.39, 0.29) is 17.4 Å². The van der Waals surface area contributed by atoms with E-state index in [0.717, 1.165) is 5.56 Å². The third-order valence-electron chi connectivity index (χ3n) is 3.04. The predicted molar refractivity (Wildman–Crippen MR) is 94.1 cm³/mol. The quantitative estimate of drug-likeness (QED) is 0.492. The van der Waals surface area contributed by atoms with Gasteiger partial charge in [0.25, 0.3) is 11.6 Å². The van der Waals surface area contributed by atoms with Crippen LogP contribution in [0.4, 0.5) is 11.4 Å². The minimum Gasteiger partial charge on any atom is -0.483 e. The lowest BCUT2D eigenvalue weighted by molar-refractivity contribution is -0.384. The summed E-state index contributed by atoms with van der Waals surface area (Å²) >= 11 is 5.02.